The van der Waals surface area contributed by atoms with Crippen molar-refractivity contribution < 1.29 is 10.2 Å². The van der Waals surface area contributed by atoms with Crippen LogP contribution in [0.3, 0.4) is 0 Å². The number of nitrogens with one attached hydrogen (secondary N) is 1. The Morgan fingerprint density at radius 3 is 2.55 bits per heavy atom. The van der Waals surface area contributed by atoms with Crippen molar-refractivity contribution in [2.45, 2.75) is 0 Å². The molecule has 0 radical (unpaired) electrons. The molecule has 3 rings (SSSR count). The minimum atomic E-state index is -0.0183. The van der Waals surface area contributed by atoms with Crippen LogP contribution in [0.1, 0.15) is 5.56 Å². The molecule has 22 heavy (non-hydrogen) atoms. The van der Waals surface area contributed by atoms with Gasteiger partial charge in [0.05, 0.1) is 17.3 Å². The fourth-order valence-electron chi connectivity index (χ4n) is 1.94. The lowest BCUT2D eigenvalue weighted by atomic mass is 10.1. The predicted molar refractivity (Wildman–Crippen MR) is 85.3 cm³/mol. The van der Waals surface area contributed by atoms with Crippen molar-refractivity contribution in [3.05, 3.63) is 53.4 Å². The molecule has 108 valence electrons. The SMILES string of the molecule is N#Cc1ccc(Nc2nc(-c3ccc(O)cc3O)cs2)cc1. The van der Waals surface area contributed by atoms with Crippen LogP contribution in [0, 0.1) is 11.3 Å². The van der Waals surface area contributed by atoms with E-state index < -0.39 is 0 Å². The van der Waals surface area contributed by atoms with Crippen LogP contribution >= 0.6 is 11.3 Å². The van der Waals surface area contributed by atoms with E-state index in [-0.39, 0.29) is 11.5 Å². The molecule has 0 spiro atoms. The Bertz CT molecular complexity index is 851. The third-order valence-electron chi connectivity index (χ3n) is 3.03. The van der Waals surface area contributed by atoms with Gasteiger partial charge in [-0.1, -0.05) is 0 Å². The van der Waals surface area contributed by atoms with Gasteiger partial charge in [0.15, 0.2) is 5.13 Å². The number of aromatic hydroxyl groups is 2. The second-order valence-electron chi connectivity index (χ2n) is 4.55. The lowest BCUT2D eigenvalue weighted by Crippen LogP contribution is -1.89. The molecule has 1 heterocycles. The van der Waals surface area contributed by atoms with Gasteiger partial charge in [-0.15, -0.1) is 11.3 Å². The molecular weight excluding hydrogens is 298 g/mol. The van der Waals surface area contributed by atoms with E-state index in [1.807, 2.05) is 5.38 Å². The molecule has 0 atom stereocenters. The molecule has 0 aliphatic heterocycles. The number of benzene rings is 2. The molecule has 0 aliphatic rings. The van der Waals surface area contributed by atoms with Gasteiger partial charge in [0.25, 0.3) is 0 Å². The summed E-state index contributed by atoms with van der Waals surface area (Å²) >= 11 is 1.40. The number of anilines is 2. The number of hydrogen-bond donors (Lipinski definition) is 3. The molecule has 0 saturated carbocycles. The Morgan fingerprint density at radius 2 is 1.86 bits per heavy atom. The first-order valence-electron chi connectivity index (χ1n) is 6.41. The summed E-state index contributed by atoms with van der Waals surface area (Å²) in [6, 6.07) is 13.5. The summed E-state index contributed by atoms with van der Waals surface area (Å²) in [4.78, 5) is 4.41. The van der Waals surface area contributed by atoms with Crippen LogP contribution in [0.4, 0.5) is 10.8 Å². The first-order chi connectivity index (χ1) is 10.7. The van der Waals surface area contributed by atoms with Crippen LogP contribution < -0.4 is 5.32 Å². The van der Waals surface area contributed by atoms with Crippen molar-refractivity contribution in [3.8, 4) is 28.8 Å². The summed E-state index contributed by atoms with van der Waals surface area (Å²) in [5.41, 5.74) is 2.61. The minimum absolute atomic E-state index is 0.00686. The van der Waals surface area contributed by atoms with Crippen molar-refractivity contribution in [2.75, 3.05) is 5.32 Å². The zero-order valence-electron chi connectivity index (χ0n) is 11.3. The fraction of sp³-hybridized carbons (Fsp3) is 0. The van der Waals surface area contributed by atoms with Gasteiger partial charge < -0.3 is 15.5 Å². The van der Waals surface area contributed by atoms with Gasteiger partial charge in [0.1, 0.15) is 11.5 Å². The van der Waals surface area contributed by atoms with E-state index in [0.29, 0.717) is 22.0 Å². The second kappa shape index (κ2) is 5.76. The molecule has 2 aromatic carbocycles. The zero-order valence-corrected chi connectivity index (χ0v) is 12.1. The van der Waals surface area contributed by atoms with Gasteiger partial charge in [0.2, 0.25) is 0 Å². The lowest BCUT2D eigenvalue weighted by Gasteiger charge is -2.03. The predicted octanol–water partition coefficient (Wildman–Crippen LogP) is 3.84. The molecule has 3 N–H and O–H groups in total. The maximum Gasteiger partial charge on any atom is 0.187 e. The number of thiazole rings is 1. The number of aromatic nitrogens is 1. The molecule has 3 aromatic rings. The molecule has 5 nitrogen and oxygen atoms in total. The molecule has 0 aliphatic carbocycles. The van der Waals surface area contributed by atoms with E-state index >= 15 is 0 Å². The Balaban J connectivity index is 1.82. The lowest BCUT2D eigenvalue weighted by molar-refractivity contribution is 0.452. The molecule has 6 heteroatoms. The third kappa shape index (κ3) is 2.85. The Morgan fingerprint density at radius 1 is 1.09 bits per heavy atom. The highest BCUT2D eigenvalue weighted by molar-refractivity contribution is 7.14. The maximum absolute atomic E-state index is 9.86. The van der Waals surface area contributed by atoms with Crippen molar-refractivity contribution in [1.82, 2.24) is 4.98 Å². The normalized spacial score (nSPS) is 10.1. The van der Waals surface area contributed by atoms with E-state index in [0.717, 1.165) is 5.69 Å². The van der Waals surface area contributed by atoms with E-state index in [4.69, 9.17) is 5.26 Å². The number of nitriles is 1. The molecule has 0 unspecified atom stereocenters. The van der Waals surface area contributed by atoms with Gasteiger partial charge in [0, 0.05) is 22.7 Å². The zero-order chi connectivity index (χ0) is 15.5. The average molecular weight is 309 g/mol. The van der Waals surface area contributed by atoms with Gasteiger partial charge in [-0.25, -0.2) is 4.98 Å². The summed E-state index contributed by atoms with van der Waals surface area (Å²) in [7, 11) is 0. The monoisotopic (exact) mass is 309 g/mol. The first kappa shape index (κ1) is 13.9. The third-order valence-corrected chi connectivity index (χ3v) is 3.78. The summed E-state index contributed by atoms with van der Waals surface area (Å²) in [6.07, 6.45) is 0. The topological polar surface area (TPSA) is 89.2 Å². The molecule has 0 amide bonds. The fourth-order valence-corrected chi connectivity index (χ4v) is 2.67. The van der Waals surface area contributed by atoms with Crippen molar-refractivity contribution in [1.29, 1.82) is 5.26 Å². The van der Waals surface area contributed by atoms with Crippen molar-refractivity contribution in [2.24, 2.45) is 0 Å². The summed E-state index contributed by atoms with van der Waals surface area (Å²) in [5, 5.41) is 33.6. The van der Waals surface area contributed by atoms with Crippen molar-refractivity contribution >= 4 is 22.2 Å². The maximum atomic E-state index is 9.86. The van der Waals surface area contributed by atoms with Gasteiger partial charge in [-0.3, -0.25) is 0 Å². The molecular formula is C16H11N3O2S. The highest BCUT2D eigenvalue weighted by atomic mass is 32.1. The Kier molecular flexibility index (Phi) is 3.64. The average Bonchev–Trinajstić information content (AvgIpc) is 2.96. The Labute approximate surface area is 130 Å². The highest BCUT2D eigenvalue weighted by Gasteiger charge is 2.09. The molecule has 1 aromatic heterocycles. The van der Waals surface area contributed by atoms with Crippen LogP contribution in [0.25, 0.3) is 11.3 Å². The number of hydrogen-bond acceptors (Lipinski definition) is 6. The van der Waals surface area contributed by atoms with Gasteiger partial charge in [-0.2, -0.15) is 5.26 Å². The molecule has 0 fully saturated rings. The van der Waals surface area contributed by atoms with Crippen LogP contribution in [0.15, 0.2) is 47.8 Å². The summed E-state index contributed by atoms with van der Waals surface area (Å²) in [6.45, 7) is 0. The van der Waals surface area contributed by atoms with E-state index in [1.165, 1.54) is 23.5 Å². The van der Waals surface area contributed by atoms with Gasteiger partial charge >= 0.3 is 0 Å². The Hall–Kier alpha value is -3.04. The number of phenolic OH excluding ortho intramolecular Hbond substituents is 2. The smallest absolute Gasteiger partial charge is 0.187 e. The van der Waals surface area contributed by atoms with E-state index in [9.17, 15) is 10.2 Å². The van der Waals surface area contributed by atoms with E-state index in [2.05, 4.69) is 16.4 Å². The highest BCUT2D eigenvalue weighted by Crippen LogP contribution is 2.34. The quantitative estimate of drug-likeness (QED) is 0.684. The second-order valence-corrected chi connectivity index (χ2v) is 5.41. The number of nitrogens with zero attached hydrogens (tertiary/aromatic N) is 2. The summed E-state index contributed by atoms with van der Waals surface area (Å²) in [5.74, 6) is -0.0115. The molecule has 0 saturated heterocycles. The molecule has 0 bridgehead atoms. The summed E-state index contributed by atoms with van der Waals surface area (Å²) < 4.78 is 0. The van der Waals surface area contributed by atoms with Gasteiger partial charge in [-0.05, 0) is 36.4 Å². The standard InChI is InChI=1S/C16H11N3O2S/c17-8-10-1-3-11(4-2-10)18-16-19-14(9-22-16)13-6-5-12(20)7-15(13)21/h1-7,9,20-21H,(H,18,19). The minimum Gasteiger partial charge on any atom is -0.508 e. The number of rotatable bonds is 3. The van der Waals surface area contributed by atoms with Crippen molar-refractivity contribution in [3.63, 3.8) is 0 Å². The van der Waals surface area contributed by atoms with Crippen LogP contribution in [-0.4, -0.2) is 15.2 Å². The van der Waals surface area contributed by atoms with E-state index in [1.54, 1.807) is 30.3 Å². The van der Waals surface area contributed by atoms with Crippen LogP contribution in [0.2, 0.25) is 0 Å². The largest absolute Gasteiger partial charge is 0.508 e. The first-order valence-corrected chi connectivity index (χ1v) is 7.29. The van der Waals surface area contributed by atoms with Crippen LogP contribution in [-0.2, 0) is 0 Å². The van der Waals surface area contributed by atoms with Crippen LogP contribution in [0.5, 0.6) is 11.5 Å². The number of phenols is 2.